The number of fused-ring (bicyclic) bond motifs is 1. The third-order valence-electron chi connectivity index (χ3n) is 4.66. The van der Waals surface area contributed by atoms with Gasteiger partial charge in [0.05, 0.1) is 17.1 Å². The Morgan fingerprint density at radius 3 is 2.75 bits per heavy atom. The van der Waals surface area contributed by atoms with E-state index < -0.39 is 5.97 Å². The Labute approximate surface area is 173 Å². The summed E-state index contributed by atoms with van der Waals surface area (Å²) in [5, 5.41) is 2.80. The number of carbonyl (C=O) groups excluding carboxylic acids is 3. The minimum atomic E-state index is -0.482. The van der Waals surface area contributed by atoms with Crippen LogP contribution in [0.3, 0.4) is 0 Å². The van der Waals surface area contributed by atoms with E-state index in [1.165, 1.54) is 16.7 Å². The van der Waals surface area contributed by atoms with Gasteiger partial charge in [-0.05, 0) is 31.9 Å². The van der Waals surface area contributed by atoms with Gasteiger partial charge in [0.15, 0.2) is 6.61 Å². The van der Waals surface area contributed by atoms with Crippen LogP contribution in [0.25, 0.3) is 0 Å². The molecule has 2 amide bonds. The Bertz CT molecular complexity index is 780. The summed E-state index contributed by atoms with van der Waals surface area (Å²) in [6.45, 7) is 3.28. The molecule has 1 saturated heterocycles. The molecule has 2 aliphatic rings. The molecule has 0 aliphatic carbocycles. The Morgan fingerprint density at radius 1 is 1.29 bits per heavy atom. The molecule has 1 aromatic rings. The van der Waals surface area contributed by atoms with Crippen molar-refractivity contribution in [2.45, 2.75) is 32.2 Å². The lowest BCUT2D eigenvalue weighted by molar-refractivity contribution is -0.145. The standard InChI is InChI=1S/C19H23N3O4S2/c1-13-10-16(23)20-14-6-2-3-7-15(14)22(13)17(24)11-26-18(25)12-28-19(27)21-8-4-5-9-21/h2-3,6-7,13H,4-5,8-12H2,1H3,(H,20,23)/t13-/m0/s1. The average Bonchev–Trinajstić information content (AvgIpc) is 3.16. The van der Waals surface area contributed by atoms with Crippen LogP contribution in [0.4, 0.5) is 11.4 Å². The smallest absolute Gasteiger partial charge is 0.316 e. The maximum atomic E-state index is 12.8. The molecule has 3 rings (SSSR count). The van der Waals surface area contributed by atoms with E-state index in [0.717, 1.165) is 25.9 Å². The van der Waals surface area contributed by atoms with Crippen LogP contribution in [0.2, 0.25) is 0 Å². The van der Waals surface area contributed by atoms with Crippen LogP contribution in [0.15, 0.2) is 24.3 Å². The zero-order valence-electron chi connectivity index (χ0n) is 15.7. The molecular weight excluding hydrogens is 398 g/mol. The van der Waals surface area contributed by atoms with Crippen LogP contribution < -0.4 is 10.2 Å². The number of benzene rings is 1. The first-order valence-corrected chi connectivity index (χ1v) is 10.6. The molecule has 0 bridgehead atoms. The average molecular weight is 422 g/mol. The van der Waals surface area contributed by atoms with Crippen LogP contribution in [0.5, 0.6) is 0 Å². The molecule has 9 heteroatoms. The van der Waals surface area contributed by atoms with Crippen LogP contribution >= 0.6 is 24.0 Å². The van der Waals surface area contributed by atoms with Crippen molar-refractivity contribution in [2.24, 2.45) is 0 Å². The van der Waals surface area contributed by atoms with Crippen molar-refractivity contribution < 1.29 is 19.1 Å². The molecule has 0 unspecified atom stereocenters. The predicted molar refractivity (Wildman–Crippen MR) is 113 cm³/mol. The highest BCUT2D eigenvalue weighted by Crippen LogP contribution is 2.31. The van der Waals surface area contributed by atoms with Gasteiger partial charge in [-0.15, -0.1) is 0 Å². The minimum absolute atomic E-state index is 0.0782. The quantitative estimate of drug-likeness (QED) is 0.591. The number of thioether (sulfide) groups is 1. The number of carbonyl (C=O) groups is 3. The maximum Gasteiger partial charge on any atom is 0.316 e. The van der Waals surface area contributed by atoms with Gasteiger partial charge in [0.2, 0.25) is 5.91 Å². The van der Waals surface area contributed by atoms with Gasteiger partial charge in [-0.3, -0.25) is 14.4 Å². The Balaban J connectivity index is 1.55. The number of nitrogens with zero attached hydrogens (tertiary/aromatic N) is 2. The van der Waals surface area contributed by atoms with Crippen molar-refractivity contribution in [3.63, 3.8) is 0 Å². The highest BCUT2D eigenvalue weighted by molar-refractivity contribution is 8.23. The molecule has 0 saturated carbocycles. The topological polar surface area (TPSA) is 79.0 Å². The molecule has 28 heavy (non-hydrogen) atoms. The summed E-state index contributed by atoms with van der Waals surface area (Å²) in [4.78, 5) is 40.4. The number of rotatable bonds is 4. The van der Waals surface area contributed by atoms with Gasteiger partial charge in [0.25, 0.3) is 5.91 Å². The van der Waals surface area contributed by atoms with Gasteiger partial charge in [-0.1, -0.05) is 36.1 Å². The molecule has 2 heterocycles. The summed E-state index contributed by atoms with van der Waals surface area (Å²) in [6.07, 6.45) is 2.41. The number of para-hydroxylation sites is 2. The van der Waals surface area contributed by atoms with E-state index in [2.05, 4.69) is 10.2 Å². The Kier molecular flexibility index (Phi) is 6.90. The molecule has 7 nitrogen and oxygen atoms in total. The summed E-state index contributed by atoms with van der Waals surface area (Å²) in [5.74, 6) is -0.921. The Morgan fingerprint density at radius 2 is 2.00 bits per heavy atom. The third-order valence-corrected chi connectivity index (χ3v) is 6.16. The van der Waals surface area contributed by atoms with Gasteiger partial charge in [0.1, 0.15) is 4.32 Å². The molecule has 0 aromatic heterocycles. The number of anilines is 2. The van der Waals surface area contributed by atoms with Gasteiger partial charge < -0.3 is 19.9 Å². The molecule has 150 valence electrons. The zero-order valence-corrected chi connectivity index (χ0v) is 17.3. The molecular formula is C19H23N3O4S2. The first kappa shape index (κ1) is 20.6. The summed E-state index contributed by atoms with van der Waals surface area (Å²) in [6, 6.07) is 6.75. The molecule has 1 N–H and O–H groups in total. The summed E-state index contributed by atoms with van der Waals surface area (Å²) in [5.41, 5.74) is 1.18. The first-order chi connectivity index (χ1) is 13.5. The van der Waals surface area contributed by atoms with E-state index in [4.69, 9.17) is 17.0 Å². The number of esters is 1. The van der Waals surface area contributed by atoms with Crippen molar-refractivity contribution in [3.8, 4) is 0 Å². The molecule has 2 aliphatic heterocycles. The molecule has 1 atom stereocenters. The maximum absolute atomic E-state index is 12.8. The second kappa shape index (κ2) is 9.38. The Hall–Kier alpha value is -2.13. The minimum Gasteiger partial charge on any atom is -0.455 e. The van der Waals surface area contributed by atoms with E-state index in [0.29, 0.717) is 15.7 Å². The van der Waals surface area contributed by atoms with E-state index >= 15 is 0 Å². The monoisotopic (exact) mass is 421 g/mol. The zero-order chi connectivity index (χ0) is 20.1. The van der Waals surface area contributed by atoms with Gasteiger partial charge in [-0.2, -0.15) is 0 Å². The van der Waals surface area contributed by atoms with Crippen molar-refractivity contribution in [1.82, 2.24) is 4.90 Å². The predicted octanol–water partition coefficient (Wildman–Crippen LogP) is 2.41. The number of thiocarbonyl (C=S) groups is 1. The lowest BCUT2D eigenvalue weighted by Gasteiger charge is -2.27. The van der Waals surface area contributed by atoms with Crippen LogP contribution in [-0.4, -0.2) is 58.5 Å². The fraction of sp³-hybridized carbons (Fsp3) is 0.474. The normalized spacial score (nSPS) is 18.9. The number of likely N-dealkylation sites (tertiary alicyclic amines) is 1. The van der Waals surface area contributed by atoms with Crippen molar-refractivity contribution in [2.75, 3.05) is 35.7 Å². The van der Waals surface area contributed by atoms with E-state index in [1.54, 1.807) is 31.2 Å². The SMILES string of the molecule is C[C@H]1CC(=O)Nc2ccccc2N1C(=O)COC(=O)CSC(=S)N1CCCC1. The lowest BCUT2D eigenvalue weighted by atomic mass is 10.1. The second-order valence-corrected chi connectivity index (χ2v) is 8.40. The summed E-state index contributed by atoms with van der Waals surface area (Å²) in [7, 11) is 0. The van der Waals surface area contributed by atoms with Crippen LogP contribution in [0.1, 0.15) is 26.2 Å². The van der Waals surface area contributed by atoms with Crippen molar-refractivity contribution >= 4 is 57.5 Å². The van der Waals surface area contributed by atoms with Crippen LogP contribution in [0, 0.1) is 0 Å². The fourth-order valence-corrected chi connectivity index (χ4v) is 4.38. The van der Waals surface area contributed by atoms with Crippen molar-refractivity contribution in [1.29, 1.82) is 0 Å². The van der Waals surface area contributed by atoms with Crippen molar-refractivity contribution in [3.05, 3.63) is 24.3 Å². The fourth-order valence-electron chi connectivity index (χ4n) is 3.33. The molecule has 1 fully saturated rings. The number of hydrogen-bond acceptors (Lipinski definition) is 6. The number of nitrogens with one attached hydrogen (secondary N) is 1. The largest absolute Gasteiger partial charge is 0.455 e. The highest BCUT2D eigenvalue weighted by atomic mass is 32.2. The van der Waals surface area contributed by atoms with Gasteiger partial charge in [-0.25, -0.2) is 0 Å². The van der Waals surface area contributed by atoms with E-state index in [9.17, 15) is 14.4 Å². The third kappa shape index (κ3) is 5.02. The van der Waals surface area contributed by atoms with Crippen LogP contribution in [-0.2, 0) is 19.1 Å². The number of hydrogen-bond donors (Lipinski definition) is 1. The molecule has 0 radical (unpaired) electrons. The lowest BCUT2D eigenvalue weighted by Crippen LogP contribution is -2.41. The number of amides is 2. The molecule has 1 aromatic carbocycles. The van der Waals surface area contributed by atoms with E-state index in [1.807, 2.05) is 0 Å². The van der Waals surface area contributed by atoms with E-state index in [-0.39, 0.29) is 36.6 Å². The van der Waals surface area contributed by atoms with Gasteiger partial charge in [0, 0.05) is 25.6 Å². The number of ether oxygens (including phenoxy) is 1. The molecule has 0 spiro atoms. The summed E-state index contributed by atoms with van der Waals surface area (Å²) < 4.78 is 5.86. The first-order valence-electron chi connectivity index (χ1n) is 9.24. The highest BCUT2D eigenvalue weighted by Gasteiger charge is 2.30. The summed E-state index contributed by atoms with van der Waals surface area (Å²) >= 11 is 6.59. The second-order valence-electron chi connectivity index (χ2n) is 6.79. The van der Waals surface area contributed by atoms with Gasteiger partial charge >= 0.3 is 5.97 Å².